The van der Waals surface area contributed by atoms with E-state index in [0.717, 1.165) is 19.6 Å². The van der Waals surface area contributed by atoms with Crippen LogP contribution in [0.15, 0.2) is 0 Å². The van der Waals surface area contributed by atoms with E-state index in [2.05, 4.69) is 34.1 Å². The summed E-state index contributed by atoms with van der Waals surface area (Å²) in [5.41, 5.74) is 0. The zero-order valence-electron chi connectivity index (χ0n) is 14.7. The lowest BCUT2D eigenvalue weighted by Gasteiger charge is -2.26. The number of ether oxygens (including phenoxy) is 1. The number of hydrogen-bond acceptors (Lipinski definition) is 5. The Kier molecular flexibility index (Phi) is 7.29. The van der Waals surface area contributed by atoms with Gasteiger partial charge in [0.05, 0.1) is 13.2 Å². The standard InChI is InChI=1S/C16H31N3O3/c1-10(2)14(18-16(21)22-6)15(20)13-9-19(5)8-12(13)7-17-11(3)4/h10-14,17H,7-9H2,1-6H3,(H,18,21). The highest BCUT2D eigenvalue weighted by Crippen LogP contribution is 2.25. The Labute approximate surface area is 134 Å². The van der Waals surface area contributed by atoms with Gasteiger partial charge in [0.25, 0.3) is 0 Å². The maximum atomic E-state index is 12.9. The maximum absolute atomic E-state index is 12.9. The van der Waals surface area contributed by atoms with Crippen LogP contribution >= 0.6 is 0 Å². The Morgan fingerprint density at radius 3 is 2.36 bits per heavy atom. The van der Waals surface area contributed by atoms with Crippen LogP contribution in [-0.4, -0.2) is 62.7 Å². The van der Waals surface area contributed by atoms with Crippen molar-refractivity contribution in [3.63, 3.8) is 0 Å². The van der Waals surface area contributed by atoms with E-state index < -0.39 is 12.1 Å². The molecular weight excluding hydrogens is 282 g/mol. The molecule has 6 nitrogen and oxygen atoms in total. The number of nitrogens with zero attached hydrogens (tertiary/aromatic N) is 1. The lowest BCUT2D eigenvalue weighted by atomic mass is 9.84. The van der Waals surface area contributed by atoms with Crippen LogP contribution in [0.3, 0.4) is 0 Å². The number of amides is 1. The molecule has 1 heterocycles. The molecule has 1 fully saturated rings. The van der Waals surface area contributed by atoms with Crippen molar-refractivity contribution in [1.82, 2.24) is 15.5 Å². The first-order valence-corrected chi connectivity index (χ1v) is 8.06. The smallest absolute Gasteiger partial charge is 0.407 e. The predicted molar refractivity (Wildman–Crippen MR) is 86.8 cm³/mol. The minimum atomic E-state index is -0.546. The first-order chi connectivity index (χ1) is 10.3. The van der Waals surface area contributed by atoms with Crippen LogP contribution in [0.5, 0.6) is 0 Å². The molecule has 1 aliphatic heterocycles. The van der Waals surface area contributed by atoms with Gasteiger partial charge in [-0.3, -0.25) is 4.79 Å². The number of alkyl carbamates (subject to hydrolysis) is 1. The molecule has 1 aliphatic rings. The van der Waals surface area contributed by atoms with Gasteiger partial charge in [-0.2, -0.15) is 0 Å². The summed E-state index contributed by atoms with van der Waals surface area (Å²) in [6.45, 7) is 10.6. The number of hydrogen-bond donors (Lipinski definition) is 2. The van der Waals surface area contributed by atoms with Crippen LogP contribution in [0.4, 0.5) is 4.79 Å². The summed E-state index contributed by atoms with van der Waals surface area (Å²) in [7, 11) is 3.35. The molecule has 1 amide bonds. The monoisotopic (exact) mass is 313 g/mol. The molecule has 3 unspecified atom stereocenters. The largest absolute Gasteiger partial charge is 0.453 e. The zero-order valence-corrected chi connectivity index (χ0v) is 14.7. The van der Waals surface area contributed by atoms with Gasteiger partial charge in [-0.05, 0) is 18.9 Å². The Morgan fingerprint density at radius 1 is 1.23 bits per heavy atom. The summed E-state index contributed by atoms with van der Waals surface area (Å²) in [6, 6.07) is -0.0961. The number of nitrogens with one attached hydrogen (secondary N) is 2. The van der Waals surface area contributed by atoms with Gasteiger partial charge >= 0.3 is 6.09 Å². The maximum Gasteiger partial charge on any atom is 0.407 e. The Balaban J connectivity index is 2.78. The number of likely N-dealkylation sites (tertiary alicyclic amines) is 1. The lowest BCUT2D eigenvalue weighted by Crippen LogP contribution is -2.49. The molecule has 22 heavy (non-hydrogen) atoms. The summed E-state index contributed by atoms with van der Waals surface area (Å²) < 4.78 is 4.65. The molecule has 0 bridgehead atoms. The quantitative estimate of drug-likeness (QED) is 0.737. The van der Waals surface area contributed by atoms with E-state index in [-0.39, 0.29) is 23.5 Å². The molecule has 0 radical (unpaired) electrons. The molecule has 6 heteroatoms. The fourth-order valence-electron chi connectivity index (χ4n) is 2.99. The highest BCUT2D eigenvalue weighted by molar-refractivity contribution is 5.90. The molecule has 0 aliphatic carbocycles. The fourth-order valence-corrected chi connectivity index (χ4v) is 2.99. The topological polar surface area (TPSA) is 70.7 Å². The van der Waals surface area contributed by atoms with Crippen LogP contribution in [-0.2, 0) is 9.53 Å². The normalized spacial score (nSPS) is 23.8. The summed E-state index contributed by atoms with van der Waals surface area (Å²) in [4.78, 5) is 26.6. The third-order valence-electron chi connectivity index (χ3n) is 4.21. The van der Waals surface area contributed by atoms with E-state index in [1.807, 2.05) is 20.9 Å². The summed E-state index contributed by atoms with van der Waals surface area (Å²) >= 11 is 0. The third kappa shape index (κ3) is 5.25. The molecule has 0 aromatic heterocycles. The van der Waals surface area contributed by atoms with Crippen LogP contribution in [0.2, 0.25) is 0 Å². The number of rotatable bonds is 7. The summed E-state index contributed by atoms with van der Waals surface area (Å²) in [5.74, 6) is 0.373. The van der Waals surface area contributed by atoms with Crippen molar-refractivity contribution in [2.75, 3.05) is 33.8 Å². The Morgan fingerprint density at radius 2 is 1.86 bits per heavy atom. The van der Waals surface area contributed by atoms with Crippen molar-refractivity contribution >= 4 is 11.9 Å². The van der Waals surface area contributed by atoms with Crippen molar-refractivity contribution < 1.29 is 14.3 Å². The summed E-state index contributed by atoms with van der Waals surface area (Å²) in [6.07, 6.45) is -0.546. The van der Waals surface area contributed by atoms with Crippen molar-refractivity contribution in [1.29, 1.82) is 0 Å². The van der Waals surface area contributed by atoms with Gasteiger partial charge in [-0.25, -0.2) is 4.79 Å². The highest BCUT2D eigenvalue weighted by atomic mass is 16.5. The molecule has 128 valence electrons. The molecule has 0 spiro atoms. The van der Waals surface area contributed by atoms with Gasteiger partial charge in [-0.1, -0.05) is 27.7 Å². The SMILES string of the molecule is COC(=O)NC(C(=O)C1CN(C)CC1CNC(C)C)C(C)C. The molecular formula is C16H31N3O3. The Hall–Kier alpha value is -1.14. The second-order valence-corrected chi connectivity index (χ2v) is 6.91. The second kappa shape index (κ2) is 8.48. The summed E-state index contributed by atoms with van der Waals surface area (Å²) in [5, 5.41) is 6.12. The van der Waals surface area contributed by atoms with E-state index >= 15 is 0 Å². The first-order valence-electron chi connectivity index (χ1n) is 8.06. The number of carbonyl (C=O) groups is 2. The van der Waals surface area contributed by atoms with Gasteiger partial charge in [-0.15, -0.1) is 0 Å². The van der Waals surface area contributed by atoms with Gasteiger partial charge < -0.3 is 20.3 Å². The van der Waals surface area contributed by atoms with Gasteiger partial charge in [0.15, 0.2) is 5.78 Å². The predicted octanol–water partition coefficient (Wildman–Crippen LogP) is 1.11. The first kappa shape index (κ1) is 18.9. The zero-order chi connectivity index (χ0) is 16.9. The average Bonchev–Trinajstić information content (AvgIpc) is 2.82. The Bertz CT molecular complexity index is 385. The van der Waals surface area contributed by atoms with Crippen molar-refractivity contribution in [3.8, 4) is 0 Å². The third-order valence-corrected chi connectivity index (χ3v) is 4.21. The molecule has 0 saturated carbocycles. The number of methoxy groups -OCH3 is 1. The molecule has 3 atom stereocenters. The number of carbonyl (C=O) groups excluding carboxylic acids is 2. The molecule has 2 N–H and O–H groups in total. The van der Waals surface area contributed by atoms with E-state index in [1.54, 1.807) is 0 Å². The molecule has 0 aromatic rings. The number of ketones is 1. The van der Waals surface area contributed by atoms with Crippen LogP contribution in [0, 0.1) is 17.8 Å². The van der Waals surface area contributed by atoms with Crippen LogP contribution in [0.1, 0.15) is 27.7 Å². The van der Waals surface area contributed by atoms with Crippen molar-refractivity contribution in [3.05, 3.63) is 0 Å². The lowest BCUT2D eigenvalue weighted by molar-refractivity contribution is -0.126. The fraction of sp³-hybridized carbons (Fsp3) is 0.875. The van der Waals surface area contributed by atoms with E-state index in [1.165, 1.54) is 7.11 Å². The van der Waals surface area contributed by atoms with Crippen molar-refractivity contribution in [2.24, 2.45) is 17.8 Å². The van der Waals surface area contributed by atoms with Gasteiger partial charge in [0, 0.05) is 31.6 Å². The second-order valence-electron chi connectivity index (χ2n) is 6.91. The van der Waals surface area contributed by atoms with E-state index in [4.69, 9.17) is 0 Å². The van der Waals surface area contributed by atoms with Crippen LogP contribution < -0.4 is 10.6 Å². The van der Waals surface area contributed by atoms with E-state index in [0.29, 0.717) is 6.04 Å². The van der Waals surface area contributed by atoms with Crippen LogP contribution in [0.25, 0.3) is 0 Å². The minimum Gasteiger partial charge on any atom is -0.453 e. The number of Topliss-reactive ketones (excluding diaryl/α,β-unsaturated/α-hetero) is 1. The van der Waals surface area contributed by atoms with Gasteiger partial charge in [0.1, 0.15) is 0 Å². The highest BCUT2D eigenvalue weighted by Gasteiger charge is 2.40. The molecule has 0 aromatic carbocycles. The average molecular weight is 313 g/mol. The molecule has 1 rings (SSSR count). The van der Waals surface area contributed by atoms with E-state index in [9.17, 15) is 9.59 Å². The molecule has 1 saturated heterocycles. The van der Waals surface area contributed by atoms with Gasteiger partial charge in [0.2, 0.25) is 0 Å². The minimum absolute atomic E-state index is 0.0382. The van der Waals surface area contributed by atoms with Crippen molar-refractivity contribution in [2.45, 2.75) is 39.8 Å².